The van der Waals surface area contributed by atoms with Crippen LogP contribution in [0.1, 0.15) is 29.3 Å². The number of aromatic nitrogens is 5. The second kappa shape index (κ2) is 6.78. The zero-order chi connectivity index (χ0) is 15.2. The van der Waals surface area contributed by atoms with E-state index in [2.05, 4.69) is 30.5 Å². The molecule has 2 rings (SSSR count). The first-order chi connectivity index (χ1) is 10.1. The number of aryl methyl sites for hydroxylation is 2. The van der Waals surface area contributed by atoms with Crippen molar-refractivity contribution in [1.82, 2.24) is 30.5 Å². The maximum absolute atomic E-state index is 11.8. The van der Waals surface area contributed by atoms with Gasteiger partial charge in [0.05, 0.1) is 0 Å². The SMILES string of the molecule is Cc1nc(C)c(CCC(=O)NCCc2ncn[nH]2)c(=O)[nH]1. The van der Waals surface area contributed by atoms with E-state index in [0.29, 0.717) is 36.5 Å². The van der Waals surface area contributed by atoms with Crippen LogP contribution in [0.5, 0.6) is 0 Å². The fraction of sp³-hybridized carbons (Fsp3) is 0.462. The molecule has 0 aromatic carbocycles. The van der Waals surface area contributed by atoms with E-state index in [-0.39, 0.29) is 17.9 Å². The molecular weight excluding hydrogens is 272 g/mol. The van der Waals surface area contributed by atoms with Gasteiger partial charge in [-0.3, -0.25) is 14.7 Å². The van der Waals surface area contributed by atoms with E-state index < -0.39 is 0 Å². The number of aromatic amines is 2. The van der Waals surface area contributed by atoms with Gasteiger partial charge < -0.3 is 10.3 Å². The lowest BCUT2D eigenvalue weighted by Gasteiger charge is -2.06. The summed E-state index contributed by atoms with van der Waals surface area (Å²) in [6, 6.07) is 0. The van der Waals surface area contributed by atoms with Gasteiger partial charge in [0.25, 0.3) is 5.56 Å². The van der Waals surface area contributed by atoms with Crippen LogP contribution < -0.4 is 10.9 Å². The van der Waals surface area contributed by atoms with Gasteiger partial charge in [0, 0.05) is 30.6 Å². The van der Waals surface area contributed by atoms with Gasteiger partial charge in [-0.05, 0) is 20.3 Å². The lowest BCUT2D eigenvalue weighted by Crippen LogP contribution is -2.27. The number of hydrogen-bond acceptors (Lipinski definition) is 5. The molecule has 8 heteroatoms. The minimum atomic E-state index is -0.172. The predicted molar refractivity (Wildman–Crippen MR) is 75.7 cm³/mol. The highest BCUT2D eigenvalue weighted by molar-refractivity contribution is 5.76. The summed E-state index contributed by atoms with van der Waals surface area (Å²) in [6.45, 7) is 3.99. The monoisotopic (exact) mass is 290 g/mol. The van der Waals surface area contributed by atoms with Crippen LogP contribution in [0.15, 0.2) is 11.1 Å². The molecule has 0 spiro atoms. The minimum Gasteiger partial charge on any atom is -0.356 e. The van der Waals surface area contributed by atoms with Crippen molar-refractivity contribution >= 4 is 5.91 Å². The Labute approximate surface area is 121 Å². The first-order valence-electron chi connectivity index (χ1n) is 6.73. The van der Waals surface area contributed by atoms with Gasteiger partial charge in [-0.2, -0.15) is 5.10 Å². The van der Waals surface area contributed by atoms with Crippen LogP contribution >= 0.6 is 0 Å². The summed E-state index contributed by atoms with van der Waals surface area (Å²) in [6.07, 6.45) is 2.65. The van der Waals surface area contributed by atoms with E-state index in [0.717, 1.165) is 5.82 Å². The Morgan fingerprint density at radius 3 is 2.81 bits per heavy atom. The van der Waals surface area contributed by atoms with Gasteiger partial charge in [-0.25, -0.2) is 9.97 Å². The number of carbonyl (C=O) groups excluding carboxylic acids is 1. The molecule has 0 radical (unpaired) electrons. The highest BCUT2D eigenvalue weighted by Gasteiger charge is 2.09. The maximum atomic E-state index is 11.8. The molecule has 2 aromatic rings. The molecular formula is C13H18N6O2. The standard InChI is InChI=1S/C13H18N6O2/c1-8-10(13(21)18-9(2)17-8)3-4-12(20)14-6-5-11-15-7-16-19-11/h7H,3-6H2,1-2H3,(H,14,20)(H,15,16,19)(H,17,18,21). The normalized spacial score (nSPS) is 10.6. The Bertz CT molecular complexity index is 662. The average Bonchev–Trinajstić information content (AvgIpc) is 2.90. The summed E-state index contributed by atoms with van der Waals surface area (Å²) in [5.41, 5.74) is 1.06. The summed E-state index contributed by atoms with van der Waals surface area (Å²) in [4.78, 5) is 34.4. The predicted octanol–water partition coefficient (Wildman–Crippen LogP) is -0.204. The maximum Gasteiger partial charge on any atom is 0.254 e. The number of amides is 1. The third-order valence-electron chi connectivity index (χ3n) is 3.09. The van der Waals surface area contributed by atoms with Gasteiger partial charge in [0.2, 0.25) is 5.91 Å². The van der Waals surface area contributed by atoms with Crippen LogP contribution in [0, 0.1) is 13.8 Å². The van der Waals surface area contributed by atoms with Crippen molar-refractivity contribution in [2.45, 2.75) is 33.1 Å². The number of nitrogens with zero attached hydrogens (tertiary/aromatic N) is 3. The first-order valence-corrected chi connectivity index (χ1v) is 6.73. The molecule has 0 aliphatic heterocycles. The third kappa shape index (κ3) is 4.23. The van der Waals surface area contributed by atoms with Crippen molar-refractivity contribution in [2.75, 3.05) is 6.54 Å². The third-order valence-corrected chi connectivity index (χ3v) is 3.09. The van der Waals surface area contributed by atoms with Crippen molar-refractivity contribution < 1.29 is 4.79 Å². The Balaban J connectivity index is 1.80. The Morgan fingerprint density at radius 1 is 1.33 bits per heavy atom. The molecule has 112 valence electrons. The molecule has 0 unspecified atom stereocenters. The first kappa shape index (κ1) is 14.9. The zero-order valence-electron chi connectivity index (χ0n) is 12.1. The van der Waals surface area contributed by atoms with Gasteiger partial charge in [-0.15, -0.1) is 0 Å². The lowest BCUT2D eigenvalue weighted by molar-refractivity contribution is -0.121. The molecule has 1 amide bonds. The highest BCUT2D eigenvalue weighted by Crippen LogP contribution is 2.02. The summed E-state index contributed by atoms with van der Waals surface area (Å²) >= 11 is 0. The highest BCUT2D eigenvalue weighted by atomic mass is 16.1. The van der Waals surface area contributed by atoms with E-state index >= 15 is 0 Å². The smallest absolute Gasteiger partial charge is 0.254 e. The van der Waals surface area contributed by atoms with Crippen LogP contribution in [0.4, 0.5) is 0 Å². The molecule has 0 saturated heterocycles. The minimum absolute atomic E-state index is 0.103. The molecule has 3 N–H and O–H groups in total. The van der Waals surface area contributed by atoms with Gasteiger partial charge in [0.15, 0.2) is 0 Å². The largest absolute Gasteiger partial charge is 0.356 e. The fourth-order valence-electron chi connectivity index (χ4n) is 2.04. The fourth-order valence-corrected chi connectivity index (χ4v) is 2.04. The van der Waals surface area contributed by atoms with E-state index in [1.807, 2.05) is 0 Å². The van der Waals surface area contributed by atoms with Crippen molar-refractivity contribution in [3.05, 3.63) is 39.6 Å². The second-order valence-electron chi connectivity index (χ2n) is 4.75. The van der Waals surface area contributed by atoms with E-state index in [4.69, 9.17) is 0 Å². The summed E-state index contributed by atoms with van der Waals surface area (Å²) < 4.78 is 0. The zero-order valence-corrected chi connectivity index (χ0v) is 12.1. The van der Waals surface area contributed by atoms with E-state index in [1.54, 1.807) is 13.8 Å². The topological polar surface area (TPSA) is 116 Å². The van der Waals surface area contributed by atoms with Crippen molar-refractivity contribution in [2.24, 2.45) is 0 Å². The number of rotatable bonds is 6. The van der Waals surface area contributed by atoms with Crippen LogP contribution in [-0.2, 0) is 17.6 Å². The summed E-state index contributed by atoms with van der Waals surface area (Å²) in [5.74, 6) is 1.21. The van der Waals surface area contributed by atoms with Crippen molar-refractivity contribution in [1.29, 1.82) is 0 Å². The average molecular weight is 290 g/mol. The summed E-state index contributed by atoms with van der Waals surface area (Å²) in [7, 11) is 0. The van der Waals surface area contributed by atoms with E-state index in [1.165, 1.54) is 6.33 Å². The molecule has 2 aromatic heterocycles. The molecule has 0 saturated carbocycles. The molecule has 0 bridgehead atoms. The van der Waals surface area contributed by atoms with Gasteiger partial charge in [0.1, 0.15) is 18.0 Å². The van der Waals surface area contributed by atoms with Crippen LogP contribution in [0.2, 0.25) is 0 Å². The quantitative estimate of drug-likeness (QED) is 0.681. The Morgan fingerprint density at radius 2 is 2.14 bits per heavy atom. The van der Waals surface area contributed by atoms with Gasteiger partial charge in [-0.1, -0.05) is 0 Å². The second-order valence-corrected chi connectivity index (χ2v) is 4.75. The number of H-pyrrole nitrogens is 2. The summed E-state index contributed by atoms with van der Waals surface area (Å²) in [5, 5.41) is 9.23. The molecule has 21 heavy (non-hydrogen) atoms. The van der Waals surface area contributed by atoms with E-state index in [9.17, 15) is 9.59 Å². The number of nitrogens with one attached hydrogen (secondary N) is 3. The molecule has 2 heterocycles. The van der Waals surface area contributed by atoms with Crippen LogP contribution in [-0.4, -0.2) is 37.6 Å². The van der Waals surface area contributed by atoms with Crippen LogP contribution in [0.25, 0.3) is 0 Å². The number of hydrogen-bond donors (Lipinski definition) is 3. The van der Waals surface area contributed by atoms with Gasteiger partial charge >= 0.3 is 0 Å². The Hall–Kier alpha value is -2.51. The molecule has 0 aliphatic rings. The molecule has 0 fully saturated rings. The van der Waals surface area contributed by atoms with Crippen molar-refractivity contribution in [3.63, 3.8) is 0 Å². The van der Waals surface area contributed by atoms with Crippen molar-refractivity contribution in [3.8, 4) is 0 Å². The number of carbonyl (C=O) groups is 1. The molecule has 0 atom stereocenters. The molecule has 0 aliphatic carbocycles. The lowest BCUT2D eigenvalue weighted by atomic mass is 10.1. The molecule has 8 nitrogen and oxygen atoms in total. The van der Waals surface area contributed by atoms with Crippen LogP contribution in [0.3, 0.4) is 0 Å². The Kier molecular flexibility index (Phi) is 4.81.